The molecule has 6 nitrogen and oxygen atoms in total. The molecule has 0 saturated heterocycles. The third-order valence-electron chi connectivity index (χ3n) is 2.56. The molecule has 0 aromatic heterocycles. The molecule has 0 aliphatic heterocycles. The van der Waals surface area contributed by atoms with Crippen molar-refractivity contribution in [1.29, 1.82) is 0 Å². The van der Waals surface area contributed by atoms with Gasteiger partial charge in [0.25, 0.3) is 10.2 Å². The summed E-state index contributed by atoms with van der Waals surface area (Å²) < 4.78 is 33.0. The van der Waals surface area contributed by atoms with Gasteiger partial charge in [0.2, 0.25) is 0 Å². The van der Waals surface area contributed by atoms with Crippen molar-refractivity contribution in [3.8, 4) is 0 Å². The van der Waals surface area contributed by atoms with Crippen molar-refractivity contribution in [2.75, 3.05) is 39.9 Å². The Kier molecular flexibility index (Phi) is 7.97. The van der Waals surface area contributed by atoms with E-state index >= 15 is 0 Å². The van der Waals surface area contributed by atoms with Crippen LogP contribution in [-0.4, -0.2) is 52.6 Å². The monoisotopic (exact) mass is 281 g/mol. The Hall–Kier alpha value is -0.210. The first-order valence-electron chi connectivity index (χ1n) is 6.23. The zero-order valence-corrected chi connectivity index (χ0v) is 12.7. The second kappa shape index (κ2) is 8.06. The molecule has 18 heavy (non-hydrogen) atoms. The number of nitrogens with two attached hydrogens (primary N) is 1. The van der Waals surface area contributed by atoms with Crippen LogP contribution in [0.5, 0.6) is 0 Å². The van der Waals surface area contributed by atoms with Crippen LogP contribution in [0.1, 0.15) is 27.2 Å². The van der Waals surface area contributed by atoms with Gasteiger partial charge in [0.05, 0.1) is 6.61 Å². The topological polar surface area (TPSA) is 84.7 Å². The standard InChI is InChI=1S/C11H27N3O3S/c1-5-7-14(10-11(2,3)9-12)18(15,16)13-6-8-17-4/h13H,5-10,12H2,1-4H3. The van der Waals surface area contributed by atoms with Gasteiger partial charge in [-0.2, -0.15) is 17.4 Å². The minimum absolute atomic E-state index is 0.231. The Balaban J connectivity index is 4.66. The molecule has 0 bridgehead atoms. The first-order valence-corrected chi connectivity index (χ1v) is 7.67. The molecular formula is C11H27N3O3S. The van der Waals surface area contributed by atoms with Crippen molar-refractivity contribution in [3.05, 3.63) is 0 Å². The van der Waals surface area contributed by atoms with Crippen molar-refractivity contribution < 1.29 is 13.2 Å². The molecule has 110 valence electrons. The fourth-order valence-corrected chi connectivity index (χ4v) is 2.91. The van der Waals surface area contributed by atoms with Crippen molar-refractivity contribution >= 4 is 10.2 Å². The number of hydrogen-bond donors (Lipinski definition) is 2. The van der Waals surface area contributed by atoms with Crippen LogP contribution in [-0.2, 0) is 14.9 Å². The van der Waals surface area contributed by atoms with Gasteiger partial charge in [0, 0.05) is 26.7 Å². The maximum absolute atomic E-state index is 12.1. The van der Waals surface area contributed by atoms with E-state index in [1.165, 1.54) is 11.4 Å². The summed E-state index contributed by atoms with van der Waals surface area (Å²) in [6, 6.07) is 0. The Morgan fingerprint density at radius 3 is 2.44 bits per heavy atom. The minimum atomic E-state index is -3.45. The predicted molar refractivity (Wildman–Crippen MR) is 73.5 cm³/mol. The lowest BCUT2D eigenvalue weighted by atomic mass is 9.94. The average molecular weight is 281 g/mol. The molecule has 0 amide bonds. The third-order valence-corrected chi connectivity index (χ3v) is 4.12. The van der Waals surface area contributed by atoms with Gasteiger partial charge in [-0.1, -0.05) is 20.8 Å². The minimum Gasteiger partial charge on any atom is -0.383 e. The molecule has 0 fully saturated rings. The lowest BCUT2D eigenvalue weighted by Crippen LogP contribution is -2.47. The second-order valence-corrected chi connectivity index (χ2v) is 6.85. The van der Waals surface area contributed by atoms with E-state index in [-0.39, 0.29) is 12.0 Å². The highest BCUT2D eigenvalue weighted by atomic mass is 32.2. The maximum Gasteiger partial charge on any atom is 0.279 e. The first-order chi connectivity index (χ1) is 8.29. The molecule has 0 saturated carbocycles. The van der Waals surface area contributed by atoms with E-state index in [4.69, 9.17) is 10.5 Å². The van der Waals surface area contributed by atoms with Crippen LogP contribution in [0.25, 0.3) is 0 Å². The van der Waals surface area contributed by atoms with E-state index in [1.807, 2.05) is 20.8 Å². The molecule has 3 N–H and O–H groups in total. The van der Waals surface area contributed by atoms with Crippen LogP contribution in [0.15, 0.2) is 0 Å². The number of hydrogen-bond acceptors (Lipinski definition) is 4. The maximum atomic E-state index is 12.1. The second-order valence-electron chi connectivity index (χ2n) is 5.09. The van der Waals surface area contributed by atoms with Gasteiger partial charge < -0.3 is 10.5 Å². The zero-order chi connectivity index (χ0) is 14.2. The van der Waals surface area contributed by atoms with Crippen LogP contribution < -0.4 is 10.5 Å². The van der Waals surface area contributed by atoms with E-state index in [0.717, 1.165) is 6.42 Å². The van der Waals surface area contributed by atoms with Gasteiger partial charge in [0.1, 0.15) is 0 Å². The Morgan fingerprint density at radius 2 is 2.00 bits per heavy atom. The molecular weight excluding hydrogens is 254 g/mol. The first kappa shape index (κ1) is 17.8. The third kappa shape index (κ3) is 6.65. The molecule has 0 radical (unpaired) electrons. The van der Waals surface area contributed by atoms with Crippen molar-refractivity contribution in [2.24, 2.45) is 11.1 Å². The van der Waals surface area contributed by atoms with Crippen LogP contribution in [0, 0.1) is 5.41 Å². The zero-order valence-electron chi connectivity index (χ0n) is 11.9. The highest BCUT2D eigenvalue weighted by Crippen LogP contribution is 2.17. The lowest BCUT2D eigenvalue weighted by molar-refractivity contribution is 0.202. The van der Waals surface area contributed by atoms with Gasteiger partial charge in [0.15, 0.2) is 0 Å². The highest BCUT2D eigenvalue weighted by Gasteiger charge is 2.27. The molecule has 0 atom stereocenters. The smallest absolute Gasteiger partial charge is 0.279 e. The van der Waals surface area contributed by atoms with Crippen molar-refractivity contribution in [2.45, 2.75) is 27.2 Å². The number of nitrogens with one attached hydrogen (secondary N) is 1. The van der Waals surface area contributed by atoms with E-state index in [0.29, 0.717) is 26.2 Å². The van der Waals surface area contributed by atoms with Crippen molar-refractivity contribution in [1.82, 2.24) is 9.03 Å². The van der Waals surface area contributed by atoms with E-state index < -0.39 is 10.2 Å². The van der Waals surface area contributed by atoms with E-state index in [1.54, 1.807) is 0 Å². The van der Waals surface area contributed by atoms with Crippen molar-refractivity contribution in [3.63, 3.8) is 0 Å². The molecule has 0 aliphatic rings. The summed E-state index contributed by atoms with van der Waals surface area (Å²) in [5.74, 6) is 0. The van der Waals surface area contributed by atoms with Crippen LogP contribution >= 0.6 is 0 Å². The Morgan fingerprint density at radius 1 is 1.39 bits per heavy atom. The molecule has 7 heteroatoms. The fourth-order valence-electron chi connectivity index (χ4n) is 1.44. The highest BCUT2D eigenvalue weighted by molar-refractivity contribution is 7.87. The summed E-state index contributed by atoms with van der Waals surface area (Å²) in [6.45, 7) is 7.86. The van der Waals surface area contributed by atoms with Crippen LogP contribution in [0.4, 0.5) is 0 Å². The number of methoxy groups -OCH3 is 1. The molecule has 0 aliphatic carbocycles. The predicted octanol–water partition coefficient (Wildman–Crippen LogP) is 0.164. The molecule has 0 spiro atoms. The number of ether oxygens (including phenoxy) is 1. The molecule has 0 rings (SSSR count). The SMILES string of the molecule is CCCN(CC(C)(C)CN)S(=O)(=O)NCCOC. The van der Waals surface area contributed by atoms with E-state index in [9.17, 15) is 8.42 Å². The summed E-state index contributed by atoms with van der Waals surface area (Å²) in [4.78, 5) is 0. The van der Waals surface area contributed by atoms with Gasteiger partial charge >= 0.3 is 0 Å². The lowest BCUT2D eigenvalue weighted by Gasteiger charge is -2.30. The van der Waals surface area contributed by atoms with Crippen LogP contribution in [0.3, 0.4) is 0 Å². The van der Waals surface area contributed by atoms with Gasteiger partial charge in [-0.05, 0) is 18.4 Å². The molecule has 0 heterocycles. The average Bonchev–Trinajstić information content (AvgIpc) is 2.28. The van der Waals surface area contributed by atoms with Gasteiger partial charge in [-0.25, -0.2) is 0 Å². The normalized spacial score (nSPS) is 13.2. The summed E-state index contributed by atoms with van der Waals surface area (Å²) >= 11 is 0. The largest absolute Gasteiger partial charge is 0.383 e. The number of nitrogens with zero attached hydrogens (tertiary/aromatic N) is 1. The van der Waals surface area contributed by atoms with Gasteiger partial charge in [-0.3, -0.25) is 0 Å². The Bertz CT molecular complexity index is 317. The molecule has 0 aromatic carbocycles. The molecule has 0 aromatic rings. The van der Waals surface area contributed by atoms with Gasteiger partial charge in [-0.15, -0.1) is 0 Å². The number of rotatable bonds is 10. The summed E-state index contributed by atoms with van der Waals surface area (Å²) in [5.41, 5.74) is 5.42. The summed E-state index contributed by atoms with van der Waals surface area (Å²) in [6.07, 6.45) is 0.770. The quantitative estimate of drug-likeness (QED) is 0.559. The molecule has 0 unspecified atom stereocenters. The summed E-state index contributed by atoms with van der Waals surface area (Å²) in [5, 5.41) is 0. The fraction of sp³-hybridized carbons (Fsp3) is 1.00. The summed E-state index contributed by atoms with van der Waals surface area (Å²) in [7, 11) is -1.91. The van der Waals surface area contributed by atoms with E-state index in [2.05, 4.69) is 4.72 Å². The van der Waals surface area contributed by atoms with Crippen LogP contribution in [0.2, 0.25) is 0 Å². The Labute approximate surface area is 111 Å².